The number of nitrogens with one attached hydrogen (secondary N) is 2. The van der Waals surface area contributed by atoms with Crippen LogP contribution in [-0.4, -0.2) is 29.1 Å². The zero-order valence-electron chi connectivity index (χ0n) is 13.1. The average molecular weight is 433 g/mol. The van der Waals surface area contributed by atoms with Crippen LogP contribution in [0, 0.1) is 0 Å². The molecule has 0 atom stereocenters. The minimum Gasteiger partial charge on any atom is -0.356 e. The van der Waals surface area contributed by atoms with Crippen LogP contribution < -0.4 is 10.6 Å². The molecule has 0 aliphatic rings. The molecule has 0 bridgehead atoms. The van der Waals surface area contributed by atoms with Crippen LogP contribution in [0.5, 0.6) is 0 Å². The Balaban J connectivity index is 0.00000242. The minimum absolute atomic E-state index is 0. The Morgan fingerprint density at radius 2 is 2.14 bits per heavy atom. The van der Waals surface area contributed by atoms with Crippen LogP contribution in [0.15, 0.2) is 35.8 Å². The third kappa shape index (κ3) is 6.35. The highest BCUT2D eigenvalue weighted by molar-refractivity contribution is 14.0. The van der Waals surface area contributed by atoms with Gasteiger partial charge in [0.25, 0.3) is 0 Å². The number of hydrogen-bond donors (Lipinski definition) is 2. The maximum atomic E-state index is 4.24. The van der Waals surface area contributed by atoms with Crippen molar-refractivity contribution in [3.05, 3.63) is 40.6 Å². The van der Waals surface area contributed by atoms with Gasteiger partial charge in [-0.05, 0) is 25.0 Å². The van der Waals surface area contributed by atoms with E-state index in [1.165, 1.54) is 9.75 Å². The fraction of sp³-hybridized carbons (Fsp3) is 0.467. The predicted molar refractivity (Wildman–Crippen MR) is 104 cm³/mol. The van der Waals surface area contributed by atoms with Gasteiger partial charge in [-0.15, -0.1) is 35.3 Å². The molecule has 122 valence electrons. The van der Waals surface area contributed by atoms with Crippen molar-refractivity contribution in [1.82, 2.24) is 20.2 Å². The van der Waals surface area contributed by atoms with Gasteiger partial charge < -0.3 is 15.2 Å². The molecule has 0 saturated heterocycles. The lowest BCUT2D eigenvalue weighted by atomic mass is 10.3. The van der Waals surface area contributed by atoms with E-state index in [9.17, 15) is 0 Å². The molecular formula is C15H24IN5S. The molecule has 2 N–H and O–H groups in total. The summed E-state index contributed by atoms with van der Waals surface area (Å²) in [5.74, 6) is 0.854. The predicted octanol–water partition coefficient (Wildman–Crippen LogP) is 2.88. The monoisotopic (exact) mass is 433 g/mol. The first kappa shape index (κ1) is 19.0. The van der Waals surface area contributed by atoms with Gasteiger partial charge in [0.15, 0.2) is 5.96 Å². The zero-order valence-corrected chi connectivity index (χ0v) is 16.2. The zero-order chi connectivity index (χ0) is 14.9. The first-order valence-corrected chi connectivity index (χ1v) is 8.11. The van der Waals surface area contributed by atoms with Crippen molar-refractivity contribution in [2.45, 2.75) is 32.9 Å². The van der Waals surface area contributed by atoms with E-state index >= 15 is 0 Å². The smallest absolute Gasteiger partial charge is 0.191 e. The average Bonchev–Trinajstić information content (AvgIpc) is 3.17. The van der Waals surface area contributed by atoms with Gasteiger partial charge in [0.2, 0.25) is 0 Å². The molecule has 2 rings (SSSR count). The Bertz CT molecular complexity index is 550. The molecule has 0 unspecified atom stereocenters. The highest BCUT2D eigenvalue weighted by Gasteiger charge is 2.01. The summed E-state index contributed by atoms with van der Waals surface area (Å²) in [4.78, 5) is 11.0. The summed E-state index contributed by atoms with van der Waals surface area (Å²) in [5, 5.41) is 6.68. The summed E-state index contributed by atoms with van der Waals surface area (Å²) in [6, 6.07) is 4.38. The van der Waals surface area contributed by atoms with Gasteiger partial charge in [0.05, 0.1) is 12.9 Å². The van der Waals surface area contributed by atoms with E-state index in [1.54, 1.807) is 13.2 Å². The Kier molecular flexibility index (Phi) is 9.14. The Morgan fingerprint density at radius 1 is 1.32 bits per heavy atom. The lowest BCUT2D eigenvalue weighted by Crippen LogP contribution is -2.37. The SMILES string of the molecule is CCc1ccc(CNC(=NC)NCCCn2ccnc2)s1.I. The van der Waals surface area contributed by atoms with E-state index < -0.39 is 0 Å². The second-order valence-corrected chi connectivity index (χ2v) is 5.98. The molecule has 5 nitrogen and oxygen atoms in total. The molecule has 0 saturated carbocycles. The van der Waals surface area contributed by atoms with Crippen LogP contribution in [0.1, 0.15) is 23.1 Å². The number of imidazole rings is 1. The summed E-state index contributed by atoms with van der Waals surface area (Å²) in [6.45, 7) is 4.87. The number of nitrogens with zero attached hydrogens (tertiary/aromatic N) is 3. The number of halogens is 1. The first-order valence-electron chi connectivity index (χ1n) is 7.29. The van der Waals surface area contributed by atoms with Gasteiger partial charge >= 0.3 is 0 Å². The van der Waals surface area contributed by atoms with E-state index in [0.29, 0.717) is 0 Å². The second kappa shape index (κ2) is 10.6. The molecule has 0 spiro atoms. The molecule has 0 aliphatic heterocycles. The number of guanidine groups is 1. The van der Waals surface area contributed by atoms with Gasteiger partial charge in [-0.2, -0.15) is 0 Å². The lowest BCUT2D eigenvalue weighted by Gasteiger charge is -2.11. The summed E-state index contributed by atoms with van der Waals surface area (Å²) < 4.78 is 2.08. The number of aliphatic imine (C=N–C) groups is 1. The maximum Gasteiger partial charge on any atom is 0.191 e. The Hall–Kier alpha value is -1.09. The van der Waals surface area contributed by atoms with Gasteiger partial charge in [-0.1, -0.05) is 6.92 Å². The van der Waals surface area contributed by atoms with Gasteiger partial charge in [0, 0.05) is 42.3 Å². The topological polar surface area (TPSA) is 54.2 Å². The van der Waals surface area contributed by atoms with Gasteiger partial charge in [-0.3, -0.25) is 4.99 Å². The molecule has 22 heavy (non-hydrogen) atoms. The van der Waals surface area contributed by atoms with Gasteiger partial charge in [0.1, 0.15) is 0 Å². The van der Waals surface area contributed by atoms with Crippen molar-refractivity contribution in [3.8, 4) is 0 Å². The van der Waals surface area contributed by atoms with Crippen LogP contribution >= 0.6 is 35.3 Å². The number of hydrogen-bond acceptors (Lipinski definition) is 3. The third-order valence-corrected chi connectivity index (χ3v) is 4.39. The van der Waals surface area contributed by atoms with Crippen molar-refractivity contribution in [2.24, 2.45) is 4.99 Å². The summed E-state index contributed by atoms with van der Waals surface area (Å²) in [6.07, 6.45) is 7.77. The molecule has 0 radical (unpaired) electrons. The summed E-state index contributed by atoms with van der Waals surface area (Å²) in [5.41, 5.74) is 0. The maximum absolute atomic E-state index is 4.24. The number of aromatic nitrogens is 2. The van der Waals surface area contributed by atoms with Crippen molar-refractivity contribution < 1.29 is 0 Å². The van der Waals surface area contributed by atoms with Crippen molar-refractivity contribution in [2.75, 3.05) is 13.6 Å². The standard InChI is InChI=1S/C15H23N5S.HI/c1-3-13-5-6-14(21-13)11-19-15(16-2)18-7-4-9-20-10-8-17-12-20;/h5-6,8,10,12H,3-4,7,9,11H2,1-2H3,(H2,16,18,19);1H. The van der Waals surface area contributed by atoms with E-state index in [4.69, 9.17) is 0 Å². The fourth-order valence-electron chi connectivity index (χ4n) is 1.99. The first-order chi connectivity index (χ1) is 10.3. The molecular weight excluding hydrogens is 409 g/mol. The van der Waals surface area contributed by atoms with E-state index in [-0.39, 0.29) is 24.0 Å². The van der Waals surface area contributed by atoms with Gasteiger partial charge in [-0.25, -0.2) is 4.98 Å². The molecule has 0 fully saturated rings. The van der Waals surface area contributed by atoms with Crippen LogP contribution in [-0.2, 0) is 19.5 Å². The molecule has 0 aliphatic carbocycles. The Labute approximate surface area is 153 Å². The lowest BCUT2D eigenvalue weighted by molar-refractivity contribution is 0.625. The van der Waals surface area contributed by atoms with E-state index in [2.05, 4.69) is 44.2 Å². The molecule has 0 amide bonds. The molecule has 2 heterocycles. The van der Waals surface area contributed by atoms with E-state index in [0.717, 1.165) is 38.4 Å². The Morgan fingerprint density at radius 3 is 2.77 bits per heavy atom. The highest BCUT2D eigenvalue weighted by atomic mass is 127. The fourth-order valence-corrected chi connectivity index (χ4v) is 2.88. The molecule has 2 aromatic heterocycles. The molecule has 0 aromatic carbocycles. The molecule has 7 heteroatoms. The summed E-state index contributed by atoms with van der Waals surface area (Å²) in [7, 11) is 1.80. The largest absolute Gasteiger partial charge is 0.356 e. The van der Waals surface area contributed by atoms with Crippen molar-refractivity contribution in [1.29, 1.82) is 0 Å². The quantitative estimate of drug-likeness (QED) is 0.306. The second-order valence-electron chi connectivity index (χ2n) is 4.73. The normalized spacial score (nSPS) is 11.1. The van der Waals surface area contributed by atoms with Crippen LogP contribution in [0.3, 0.4) is 0 Å². The van der Waals surface area contributed by atoms with Crippen LogP contribution in [0.4, 0.5) is 0 Å². The molecule has 2 aromatic rings. The third-order valence-electron chi connectivity index (χ3n) is 3.16. The summed E-state index contributed by atoms with van der Waals surface area (Å²) >= 11 is 1.86. The number of aryl methyl sites for hydroxylation is 2. The number of rotatable bonds is 7. The number of thiophene rings is 1. The van der Waals surface area contributed by atoms with Crippen LogP contribution in [0.2, 0.25) is 0 Å². The van der Waals surface area contributed by atoms with Crippen molar-refractivity contribution in [3.63, 3.8) is 0 Å². The van der Waals surface area contributed by atoms with E-state index in [1.807, 2.05) is 23.9 Å². The van der Waals surface area contributed by atoms with Crippen LogP contribution in [0.25, 0.3) is 0 Å². The highest BCUT2D eigenvalue weighted by Crippen LogP contribution is 2.16. The minimum atomic E-state index is 0. The van der Waals surface area contributed by atoms with Crippen molar-refractivity contribution >= 4 is 41.3 Å².